The number of halogens is 2. The van der Waals surface area contributed by atoms with Gasteiger partial charge in [0.05, 0.1) is 6.54 Å². The van der Waals surface area contributed by atoms with Gasteiger partial charge in [0.25, 0.3) is 6.43 Å². The van der Waals surface area contributed by atoms with Gasteiger partial charge >= 0.3 is 0 Å². The van der Waals surface area contributed by atoms with E-state index in [1.165, 1.54) is 0 Å². The van der Waals surface area contributed by atoms with Gasteiger partial charge in [-0.15, -0.1) is 0 Å². The summed E-state index contributed by atoms with van der Waals surface area (Å²) in [6, 6.07) is 0. The minimum Gasteiger partial charge on any atom is -0.311 e. The molecule has 0 aliphatic rings. The van der Waals surface area contributed by atoms with Crippen LogP contribution in [0.4, 0.5) is 8.78 Å². The lowest BCUT2D eigenvalue weighted by molar-refractivity contribution is 0.146. The average molecular weight is 195 g/mol. The highest BCUT2D eigenvalue weighted by Gasteiger charge is 1.99. The van der Waals surface area contributed by atoms with Crippen LogP contribution in [0.2, 0.25) is 0 Å². The summed E-state index contributed by atoms with van der Waals surface area (Å²) in [5, 5.41) is 2.69. The number of hydrogen-bond donors (Lipinski definition) is 1. The molecule has 0 radical (unpaired) electrons. The summed E-state index contributed by atoms with van der Waals surface area (Å²) >= 11 is 0. The zero-order valence-electron chi connectivity index (χ0n) is 9.24. The molecule has 0 atom stereocenters. The van der Waals surface area contributed by atoms with Crippen LogP contribution >= 0.6 is 0 Å². The molecule has 13 heavy (non-hydrogen) atoms. The Hall–Kier alpha value is -0.180. The maximum Gasteiger partial charge on any atom is 0.250 e. The lowest BCUT2D eigenvalue weighted by Gasteiger charge is -2.05. The molecule has 0 saturated carbocycles. The molecule has 82 valence electrons. The van der Waals surface area contributed by atoms with Gasteiger partial charge in [-0.3, -0.25) is 0 Å². The summed E-state index contributed by atoms with van der Waals surface area (Å²) in [4.78, 5) is 0. The van der Waals surface area contributed by atoms with Crippen LogP contribution in [0.25, 0.3) is 0 Å². The van der Waals surface area contributed by atoms with E-state index in [1.807, 2.05) is 13.8 Å². The van der Waals surface area contributed by atoms with E-state index in [0.29, 0.717) is 12.5 Å². The van der Waals surface area contributed by atoms with Crippen molar-refractivity contribution < 1.29 is 8.78 Å². The second-order valence-electron chi connectivity index (χ2n) is 3.13. The molecule has 1 nitrogen and oxygen atoms in total. The maximum absolute atomic E-state index is 11.6. The van der Waals surface area contributed by atoms with Crippen molar-refractivity contribution in [2.75, 3.05) is 13.1 Å². The zero-order chi connectivity index (χ0) is 10.7. The SMILES string of the molecule is CC.CC(C)CCCNCC(F)F. The second-order valence-corrected chi connectivity index (χ2v) is 3.13. The maximum atomic E-state index is 11.6. The van der Waals surface area contributed by atoms with E-state index in [4.69, 9.17) is 0 Å². The molecule has 0 aromatic carbocycles. The molecule has 0 bridgehead atoms. The highest BCUT2D eigenvalue weighted by molar-refractivity contribution is 4.51. The molecule has 0 unspecified atom stereocenters. The molecule has 0 aliphatic carbocycles. The normalized spacial score (nSPS) is 10.2. The highest BCUT2D eigenvalue weighted by atomic mass is 19.3. The van der Waals surface area contributed by atoms with E-state index >= 15 is 0 Å². The predicted molar refractivity (Wildman–Crippen MR) is 54.3 cm³/mol. The van der Waals surface area contributed by atoms with E-state index < -0.39 is 6.43 Å². The summed E-state index contributed by atoms with van der Waals surface area (Å²) in [5.74, 6) is 0.670. The van der Waals surface area contributed by atoms with Crippen molar-refractivity contribution in [3.05, 3.63) is 0 Å². The molecule has 3 heteroatoms. The molecule has 0 aromatic rings. The third-order valence-electron chi connectivity index (χ3n) is 1.43. The Morgan fingerprint density at radius 3 is 2.08 bits per heavy atom. The van der Waals surface area contributed by atoms with Gasteiger partial charge in [-0.05, 0) is 25.3 Å². The molecule has 1 N–H and O–H groups in total. The van der Waals surface area contributed by atoms with Gasteiger partial charge in [-0.1, -0.05) is 27.7 Å². The van der Waals surface area contributed by atoms with Gasteiger partial charge < -0.3 is 5.32 Å². The van der Waals surface area contributed by atoms with Crippen LogP contribution in [0.15, 0.2) is 0 Å². The van der Waals surface area contributed by atoms with Crippen LogP contribution < -0.4 is 5.32 Å². The van der Waals surface area contributed by atoms with Crippen LogP contribution in [0.1, 0.15) is 40.5 Å². The summed E-state index contributed by atoms with van der Waals surface area (Å²) < 4.78 is 23.1. The first kappa shape index (κ1) is 15.3. The molecule has 0 amide bonds. The Bertz CT molecular complexity index is 75.0. The summed E-state index contributed by atoms with van der Waals surface area (Å²) in [5.41, 5.74) is 0. The van der Waals surface area contributed by atoms with Gasteiger partial charge in [0.15, 0.2) is 0 Å². The van der Waals surface area contributed by atoms with E-state index in [-0.39, 0.29) is 6.54 Å². The van der Waals surface area contributed by atoms with Crippen molar-refractivity contribution in [3.63, 3.8) is 0 Å². The molecule has 0 fully saturated rings. The summed E-state index contributed by atoms with van der Waals surface area (Å²) in [6.45, 7) is 8.81. The number of nitrogens with one attached hydrogen (secondary N) is 1. The van der Waals surface area contributed by atoms with Gasteiger partial charge in [-0.25, -0.2) is 8.78 Å². The van der Waals surface area contributed by atoms with Crippen LogP contribution in [0, 0.1) is 5.92 Å². The molecular weight excluding hydrogens is 172 g/mol. The third-order valence-corrected chi connectivity index (χ3v) is 1.43. The van der Waals surface area contributed by atoms with Crippen molar-refractivity contribution in [2.24, 2.45) is 5.92 Å². The number of alkyl halides is 2. The zero-order valence-corrected chi connectivity index (χ0v) is 9.24. The fraction of sp³-hybridized carbons (Fsp3) is 1.00. The fourth-order valence-electron chi connectivity index (χ4n) is 0.846. The van der Waals surface area contributed by atoms with Crippen molar-refractivity contribution in [2.45, 2.75) is 47.0 Å². The van der Waals surface area contributed by atoms with Gasteiger partial charge in [-0.2, -0.15) is 0 Å². The van der Waals surface area contributed by atoms with Crippen LogP contribution in [-0.2, 0) is 0 Å². The smallest absolute Gasteiger partial charge is 0.250 e. The van der Waals surface area contributed by atoms with Crippen molar-refractivity contribution in [1.29, 1.82) is 0 Å². The van der Waals surface area contributed by atoms with Crippen molar-refractivity contribution in [1.82, 2.24) is 5.32 Å². The molecular formula is C10H23F2N. The third kappa shape index (κ3) is 18.6. The van der Waals surface area contributed by atoms with E-state index in [0.717, 1.165) is 12.8 Å². The Morgan fingerprint density at radius 1 is 1.15 bits per heavy atom. The molecule has 0 aromatic heterocycles. The largest absolute Gasteiger partial charge is 0.311 e. The quantitative estimate of drug-likeness (QED) is 0.641. The lowest BCUT2D eigenvalue weighted by atomic mass is 10.1. The minimum absolute atomic E-state index is 0.169. The van der Waals surface area contributed by atoms with Gasteiger partial charge in [0.2, 0.25) is 0 Å². The first-order valence-corrected chi connectivity index (χ1v) is 5.11. The predicted octanol–water partition coefficient (Wildman–Crippen LogP) is 3.30. The minimum atomic E-state index is -2.21. The van der Waals surface area contributed by atoms with Crippen LogP contribution in [-0.4, -0.2) is 19.5 Å². The first-order chi connectivity index (χ1) is 6.13. The highest BCUT2D eigenvalue weighted by Crippen LogP contribution is 2.01. The summed E-state index contributed by atoms with van der Waals surface area (Å²) in [6.07, 6.45) is -0.116. The Kier molecular flexibility index (Phi) is 13.9. The van der Waals surface area contributed by atoms with E-state index in [2.05, 4.69) is 19.2 Å². The average Bonchev–Trinajstić information content (AvgIpc) is 2.06. The second kappa shape index (κ2) is 11.8. The van der Waals surface area contributed by atoms with Crippen LogP contribution in [0.5, 0.6) is 0 Å². The van der Waals surface area contributed by atoms with Crippen molar-refractivity contribution >= 4 is 0 Å². The van der Waals surface area contributed by atoms with Gasteiger partial charge in [0.1, 0.15) is 0 Å². The molecule has 0 aliphatic heterocycles. The Morgan fingerprint density at radius 2 is 1.69 bits per heavy atom. The number of hydrogen-bond acceptors (Lipinski definition) is 1. The fourth-order valence-corrected chi connectivity index (χ4v) is 0.846. The van der Waals surface area contributed by atoms with Gasteiger partial charge in [0, 0.05) is 0 Å². The first-order valence-electron chi connectivity index (χ1n) is 5.11. The lowest BCUT2D eigenvalue weighted by Crippen LogP contribution is -2.22. The Labute approximate surface area is 80.9 Å². The molecule has 0 rings (SSSR count). The molecule has 0 spiro atoms. The van der Waals surface area contributed by atoms with Crippen molar-refractivity contribution in [3.8, 4) is 0 Å². The topological polar surface area (TPSA) is 12.0 Å². The monoisotopic (exact) mass is 195 g/mol. The number of rotatable bonds is 6. The van der Waals surface area contributed by atoms with Crippen LogP contribution in [0.3, 0.4) is 0 Å². The standard InChI is InChI=1S/C8H17F2N.C2H6/c1-7(2)4-3-5-11-6-8(9)10;1-2/h7-8,11H,3-6H2,1-2H3;1-2H3. The van der Waals surface area contributed by atoms with E-state index in [1.54, 1.807) is 0 Å². The Balaban J connectivity index is 0. The molecule has 0 saturated heterocycles. The molecule has 0 heterocycles. The summed E-state index contributed by atoms with van der Waals surface area (Å²) in [7, 11) is 0. The van der Waals surface area contributed by atoms with E-state index in [9.17, 15) is 8.78 Å².